The third kappa shape index (κ3) is 3.67. The molecule has 2 N–H and O–H groups in total. The molecule has 2 fully saturated rings. The largest absolute Gasteiger partial charge is 0.481 e. The summed E-state index contributed by atoms with van der Waals surface area (Å²) in [6, 6.07) is 0.245. The number of carbonyl (C=O) groups is 1. The molecule has 2 saturated heterocycles. The van der Waals surface area contributed by atoms with Gasteiger partial charge in [0.1, 0.15) is 0 Å². The topological polar surface area (TPSA) is 86.7 Å². The normalized spacial score (nSPS) is 29.5. The lowest BCUT2D eigenvalue weighted by atomic mass is 9.97. The van der Waals surface area contributed by atoms with Crippen molar-refractivity contribution >= 4 is 16.0 Å². The molecular formula is C12H22N2O4S. The highest BCUT2D eigenvalue weighted by atomic mass is 32.2. The Bertz CT molecular complexity index is 417. The van der Waals surface area contributed by atoms with Gasteiger partial charge in [0.15, 0.2) is 0 Å². The first kappa shape index (κ1) is 14.7. The van der Waals surface area contributed by atoms with E-state index < -0.39 is 16.0 Å². The Morgan fingerprint density at radius 1 is 1.26 bits per heavy atom. The standard InChI is InChI=1S/C12H22N2O4S/c15-12(16)6-9-19(17,18)14-8-2-1-5-11(14)10-4-3-7-13-10/h10-11,13H,1-9H2,(H,15,16). The molecule has 2 rings (SSSR count). The highest BCUT2D eigenvalue weighted by Gasteiger charge is 2.37. The van der Waals surface area contributed by atoms with E-state index in [0.717, 1.165) is 38.6 Å². The number of hydrogen-bond donors (Lipinski definition) is 2. The molecule has 0 spiro atoms. The average Bonchev–Trinajstić information content (AvgIpc) is 2.90. The predicted octanol–water partition coefficient (Wildman–Crippen LogP) is 0.397. The minimum absolute atomic E-state index is 0.00930. The quantitative estimate of drug-likeness (QED) is 0.765. The van der Waals surface area contributed by atoms with Gasteiger partial charge in [-0.25, -0.2) is 8.42 Å². The average molecular weight is 290 g/mol. The van der Waals surface area contributed by atoms with Crippen LogP contribution in [0, 0.1) is 0 Å². The van der Waals surface area contributed by atoms with Crippen LogP contribution in [-0.2, 0) is 14.8 Å². The Balaban J connectivity index is 2.07. The molecule has 6 nitrogen and oxygen atoms in total. The van der Waals surface area contributed by atoms with Crippen LogP contribution in [0.15, 0.2) is 0 Å². The lowest BCUT2D eigenvalue weighted by Crippen LogP contribution is -2.53. The third-order valence-corrected chi connectivity index (χ3v) is 5.88. The van der Waals surface area contributed by atoms with E-state index in [9.17, 15) is 13.2 Å². The van der Waals surface area contributed by atoms with Gasteiger partial charge in [-0.2, -0.15) is 4.31 Å². The van der Waals surface area contributed by atoms with Gasteiger partial charge < -0.3 is 10.4 Å². The molecule has 19 heavy (non-hydrogen) atoms. The lowest BCUT2D eigenvalue weighted by molar-refractivity contribution is -0.136. The van der Waals surface area contributed by atoms with Crippen molar-refractivity contribution in [3.05, 3.63) is 0 Å². The maximum absolute atomic E-state index is 12.3. The van der Waals surface area contributed by atoms with E-state index in [1.54, 1.807) is 4.31 Å². The summed E-state index contributed by atoms with van der Waals surface area (Å²) in [5.74, 6) is -1.35. The van der Waals surface area contributed by atoms with E-state index in [2.05, 4.69) is 5.32 Å². The number of hydrogen-bond acceptors (Lipinski definition) is 4. The number of carboxylic acid groups (broad SMARTS) is 1. The Labute approximate surface area is 114 Å². The second-order valence-electron chi connectivity index (χ2n) is 5.34. The molecule has 2 unspecified atom stereocenters. The van der Waals surface area contributed by atoms with Gasteiger partial charge >= 0.3 is 5.97 Å². The minimum Gasteiger partial charge on any atom is -0.481 e. The second kappa shape index (κ2) is 6.19. The fourth-order valence-corrected chi connectivity index (χ4v) is 4.79. The van der Waals surface area contributed by atoms with E-state index >= 15 is 0 Å². The molecule has 2 atom stereocenters. The maximum atomic E-state index is 12.3. The minimum atomic E-state index is -3.45. The Hall–Kier alpha value is -0.660. The molecule has 7 heteroatoms. The first-order valence-electron chi connectivity index (χ1n) is 6.95. The van der Waals surface area contributed by atoms with Crippen LogP contribution >= 0.6 is 0 Å². The molecule has 0 saturated carbocycles. The summed E-state index contributed by atoms with van der Waals surface area (Å²) in [7, 11) is -3.45. The van der Waals surface area contributed by atoms with E-state index in [1.165, 1.54) is 0 Å². The number of nitrogens with zero attached hydrogens (tertiary/aromatic N) is 1. The molecule has 2 aliphatic rings. The van der Waals surface area contributed by atoms with Gasteiger partial charge in [-0.1, -0.05) is 6.42 Å². The molecule has 0 amide bonds. The molecule has 0 aromatic heterocycles. The van der Waals surface area contributed by atoms with E-state index in [4.69, 9.17) is 5.11 Å². The summed E-state index contributed by atoms with van der Waals surface area (Å²) in [5, 5.41) is 12.0. The Morgan fingerprint density at radius 2 is 2.05 bits per heavy atom. The zero-order valence-corrected chi connectivity index (χ0v) is 11.9. The molecular weight excluding hydrogens is 268 g/mol. The highest BCUT2D eigenvalue weighted by molar-refractivity contribution is 7.89. The van der Waals surface area contributed by atoms with Crippen LogP contribution < -0.4 is 5.32 Å². The smallest absolute Gasteiger partial charge is 0.304 e. The van der Waals surface area contributed by atoms with Crippen molar-refractivity contribution in [1.29, 1.82) is 0 Å². The molecule has 2 heterocycles. The van der Waals surface area contributed by atoms with Crippen LogP contribution in [0.1, 0.15) is 38.5 Å². The highest BCUT2D eigenvalue weighted by Crippen LogP contribution is 2.27. The molecule has 110 valence electrons. The zero-order valence-electron chi connectivity index (χ0n) is 11.0. The first-order chi connectivity index (χ1) is 9.00. The van der Waals surface area contributed by atoms with Crippen molar-refractivity contribution in [2.75, 3.05) is 18.8 Å². The van der Waals surface area contributed by atoms with Gasteiger partial charge in [0, 0.05) is 18.6 Å². The number of carboxylic acids is 1. The predicted molar refractivity (Wildman–Crippen MR) is 71.4 cm³/mol. The second-order valence-corrected chi connectivity index (χ2v) is 7.38. The summed E-state index contributed by atoms with van der Waals surface area (Å²) >= 11 is 0. The zero-order chi connectivity index (χ0) is 13.9. The summed E-state index contributed by atoms with van der Waals surface area (Å²) < 4.78 is 26.1. The van der Waals surface area contributed by atoms with Gasteiger partial charge in [-0.15, -0.1) is 0 Å². The number of nitrogens with one attached hydrogen (secondary N) is 1. The summed E-state index contributed by atoms with van der Waals surface area (Å²) in [6.07, 6.45) is 4.58. The van der Waals surface area contributed by atoms with Gasteiger partial charge in [0.25, 0.3) is 0 Å². The molecule has 0 aliphatic carbocycles. The van der Waals surface area contributed by atoms with E-state index in [0.29, 0.717) is 6.54 Å². The van der Waals surface area contributed by atoms with Gasteiger partial charge in [-0.05, 0) is 32.2 Å². The number of aliphatic carboxylic acids is 1. The first-order valence-corrected chi connectivity index (χ1v) is 8.56. The fraction of sp³-hybridized carbons (Fsp3) is 0.917. The van der Waals surface area contributed by atoms with Crippen molar-refractivity contribution in [3.63, 3.8) is 0 Å². The number of sulfonamides is 1. The van der Waals surface area contributed by atoms with Crippen molar-refractivity contribution in [2.45, 2.75) is 50.6 Å². The van der Waals surface area contributed by atoms with Crippen molar-refractivity contribution in [1.82, 2.24) is 9.62 Å². The SMILES string of the molecule is O=C(O)CCS(=O)(=O)N1CCCCC1C1CCCN1. The van der Waals surface area contributed by atoms with Crippen LogP contribution in [-0.4, -0.2) is 54.7 Å². The summed E-state index contributed by atoms with van der Waals surface area (Å²) in [5.41, 5.74) is 0. The van der Waals surface area contributed by atoms with Crippen molar-refractivity contribution in [2.24, 2.45) is 0 Å². The van der Waals surface area contributed by atoms with Gasteiger partial charge in [0.2, 0.25) is 10.0 Å². The molecule has 0 radical (unpaired) electrons. The summed E-state index contributed by atoms with van der Waals surface area (Å²) in [4.78, 5) is 10.6. The van der Waals surface area contributed by atoms with Crippen molar-refractivity contribution < 1.29 is 18.3 Å². The maximum Gasteiger partial charge on any atom is 0.304 e. The van der Waals surface area contributed by atoms with Crippen LogP contribution in [0.2, 0.25) is 0 Å². The molecule has 0 aromatic carbocycles. The lowest BCUT2D eigenvalue weighted by Gasteiger charge is -2.38. The van der Waals surface area contributed by atoms with E-state index in [-0.39, 0.29) is 24.3 Å². The van der Waals surface area contributed by atoms with E-state index in [1.807, 2.05) is 0 Å². The number of piperidine rings is 1. The molecule has 2 aliphatic heterocycles. The van der Waals surface area contributed by atoms with Crippen molar-refractivity contribution in [3.8, 4) is 0 Å². The van der Waals surface area contributed by atoms with Gasteiger partial charge in [-0.3, -0.25) is 4.79 Å². The summed E-state index contributed by atoms with van der Waals surface area (Å²) in [6.45, 7) is 1.48. The molecule has 0 aromatic rings. The third-order valence-electron chi connectivity index (χ3n) is 3.99. The van der Waals surface area contributed by atoms with Crippen LogP contribution in [0.3, 0.4) is 0 Å². The van der Waals surface area contributed by atoms with Crippen LogP contribution in [0.25, 0.3) is 0 Å². The van der Waals surface area contributed by atoms with Gasteiger partial charge in [0.05, 0.1) is 12.2 Å². The monoisotopic (exact) mass is 290 g/mol. The fourth-order valence-electron chi connectivity index (χ4n) is 3.05. The molecule has 0 bridgehead atoms. The Kier molecular flexibility index (Phi) is 4.81. The Morgan fingerprint density at radius 3 is 2.68 bits per heavy atom. The van der Waals surface area contributed by atoms with Crippen LogP contribution in [0.4, 0.5) is 0 Å². The number of rotatable bonds is 5. The van der Waals surface area contributed by atoms with Crippen LogP contribution in [0.5, 0.6) is 0 Å².